The first-order valence-corrected chi connectivity index (χ1v) is 5.09. The normalized spacial score (nSPS) is 11.8. The first-order valence-electron chi connectivity index (χ1n) is 4.71. The summed E-state index contributed by atoms with van der Waals surface area (Å²) in [5.74, 6) is 0. The lowest BCUT2D eigenvalue weighted by Gasteiger charge is -2.11. The quantitative estimate of drug-likeness (QED) is 0.808. The minimum absolute atomic E-state index is 0.254. The second-order valence-electron chi connectivity index (χ2n) is 3.45. The smallest absolute Gasteiger partial charge is 0.268 e. The maximum Gasteiger partial charge on any atom is 0.417 e. The number of hydrogen-bond donors (Lipinski definition) is 0. The van der Waals surface area contributed by atoms with Crippen LogP contribution in [0, 0.1) is 6.07 Å². The minimum Gasteiger partial charge on any atom is -0.268 e. The van der Waals surface area contributed by atoms with Crippen LogP contribution in [0.4, 0.5) is 13.2 Å². The van der Waals surface area contributed by atoms with Crippen molar-refractivity contribution in [3.8, 4) is 0 Å². The third-order valence-electron chi connectivity index (χ3n) is 2.18. The monoisotopic (exact) mass is 259 g/mol. The van der Waals surface area contributed by atoms with Crippen LogP contribution in [0.5, 0.6) is 0 Å². The van der Waals surface area contributed by atoms with Crippen molar-refractivity contribution in [2.75, 3.05) is 0 Å². The molecular weight excluding hydrogens is 253 g/mol. The molecule has 2 aromatic rings. The van der Waals surface area contributed by atoms with E-state index < -0.39 is 11.7 Å². The standard InChI is InChI=1S/C11H7ClF3N2/c12-10-3-2-8(6-9(10)11(13,14)15)7-17-5-1-4-16-17/h2-6H,7H2. The summed E-state index contributed by atoms with van der Waals surface area (Å²) in [5, 5.41) is 3.57. The molecule has 0 amide bonds. The zero-order valence-corrected chi connectivity index (χ0v) is 9.26. The Balaban J connectivity index is 2.31. The summed E-state index contributed by atoms with van der Waals surface area (Å²) in [6.45, 7) is 0.254. The van der Waals surface area contributed by atoms with Gasteiger partial charge >= 0.3 is 6.18 Å². The van der Waals surface area contributed by atoms with E-state index in [1.807, 2.05) is 0 Å². The highest BCUT2D eigenvalue weighted by Gasteiger charge is 2.33. The van der Waals surface area contributed by atoms with E-state index >= 15 is 0 Å². The maximum absolute atomic E-state index is 12.6. The van der Waals surface area contributed by atoms with Crippen LogP contribution in [-0.4, -0.2) is 9.78 Å². The van der Waals surface area contributed by atoms with Crippen LogP contribution in [0.25, 0.3) is 0 Å². The molecule has 0 unspecified atom stereocenters. The average Bonchev–Trinajstić information content (AvgIpc) is 2.72. The molecule has 0 saturated heterocycles. The molecule has 17 heavy (non-hydrogen) atoms. The second-order valence-corrected chi connectivity index (χ2v) is 3.86. The van der Waals surface area contributed by atoms with E-state index in [1.54, 1.807) is 12.3 Å². The summed E-state index contributed by atoms with van der Waals surface area (Å²) < 4.78 is 39.3. The lowest BCUT2D eigenvalue weighted by molar-refractivity contribution is -0.137. The van der Waals surface area contributed by atoms with Crippen LogP contribution in [0.1, 0.15) is 11.1 Å². The van der Waals surface area contributed by atoms with Crippen LogP contribution in [0.2, 0.25) is 5.02 Å². The molecule has 1 aromatic heterocycles. The van der Waals surface area contributed by atoms with Gasteiger partial charge in [-0.1, -0.05) is 17.7 Å². The number of halogens is 4. The topological polar surface area (TPSA) is 17.8 Å². The molecule has 0 fully saturated rings. The molecule has 0 saturated carbocycles. The highest BCUT2D eigenvalue weighted by molar-refractivity contribution is 6.31. The molecule has 0 atom stereocenters. The highest BCUT2D eigenvalue weighted by Crippen LogP contribution is 2.35. The molecule has 0 N–H and O–H groups in total. The van der Waals surface area contributed by atoms with Gasteiger partial charge in [-0.25, -0.2) is 0 Å². The molecule has 1 aromatic carbocycles. The van der Waals surface area contributed by atoms with E-state index in [0.717, 1.165) is 6.07 Å². The van der Waals surface area contributed by atoms with Gasteiger partial charge in [-0.05, 0) is 17.7 Å². The average molecular weight is 260 g/mol. The lowest BCUT2D eigenvalue weighted by atomic mass is 10.1. The fourth-order valence-electron chi connectivity index (χ4n) is 1.42. The van der Waals surface area contributed by atoms with Gasteiger partial charge in [0.05, 0.1) is 23.3 Å². The number of benzene rings is 1. The highest BCUT2D eigenvalue weighted by atomic mass is 35.5. The maximum atomic E-state index is 12.6. The van der Waals surface area contributed by atoms with Gasteiger partial charge in [-0.2, -0.15) is 18.3 Å². The Bertz CT molecular complexity index is 506. The first-order chi connectivity index (χ1) is 7.97. The van der Waals surface area contributed by atoms with E-state index in [9.17, 15) is 13.2 Å². The SMILES string of the molecule is FC(F)(F)c1cc(Cn2c[c]cn2)ccc1Cl. The number of hydrogen-bond acceptors (Lipinski definition) is 1. The minimum atomic E-state index is -4.44. The number of aromatic nitrogens is 2. The Morgan fingerprint density at radius 2 is 2.12 bits per heavy atom. The Labute approximate surface area is 101 Å². The molecule has 1 radical (unpaired) electrons. The van der Waals surface area contributed by atoms with Crippen LogP contribution < -0.4 is 0 Å². The van der Waals surface area contributed by atoms with Gasteiger partial charge in [0.15, 0.2) is 0 Å². The van der Waals surface area contributed by atoms with Gasteiger partial charge in [0.25, 0.3) is 0 Å². The van der Waals surface area contributed by atoms with Crippen LogP contribution in [0.15, 0.2) is 30.6 Å². The predicted octanol–water partition coefficient (Wildman–Crippen LogP) is 3.40. The third-order valence-corrected chi connectivity index (χ3v) is 2.51. The molecule has 89 valence electrons. The molecule has 0 aliphatic heterocycles. The Morgan fingerprint density at radius 3 is 2.71 bits per heavy atom. The number of rotatable bonds is 2. The Kier molecular flexibility index (Phi) is 3.11. The van der Waals surface area contributed by atoms with Gasteiger partial charge in [-0.3, -0.25) is 4.68 Å². The number of nitrogens with zero attached hydrogens (tertiary/aromatic N) is 2. The van der Waals surface area contributed by atoms with Crippen LogP contribution >= 0.6 is 11.6 Å². The van der Waals surface area contributed by atoms with E-state index in [1.165, 1.54) is 16.9 Å². The zero-order chi connectivity index (χ0) is 12.5. The fourth-order valence-corrected chi connectivity index (χ4v) is 1.65. The lowest BCUT2D eigenvalue weighted by Crippen LogP contribution is -2.08. The van der Waals surface area contributed by atoms with Crippen molar-refractivity contribution < 1.29 is 13.2 Å². The van der Waals surface area contributed by atoms with Crippen LogP contribution in [0.3, 0.4) is 0 Å². The first kappa shape index (κ1) is 12.0. The van der Waals surface area contributed by atoms with Gasteiger partial charge in [0, 0.05) is 12.3 Å². The van der Waals surface area contributed by atoms with E-state index in [0.29, 0.717) is 5.56 Å². The largest absolute Gasteiger partial charge is 0.417 e. The molecular formula is C11H7ClF3N2. The van der Waals surface area contributed by atoms with Crippen molar-refractivity contribution in [2.45, 2.75) is 12.7 Å². The zero-order valence-electron chi connectivity index (χ0n) is 8.50. The van der Waals surface area contributed by atoms with Gasteiger partial charge in [0.1, 0.15) is 0 Å². The molecule has 0 aliphatic carbocycles. The van der Waals surface area contributed by atoms with E-state index in [4.69, 9.17) is 11.6 Å². The number of alkyl halides is 3. The molecule has 1 heterocycles. The summed E-state index contributed by atoms with van der Waals surface area (Å²) in [6, 6.07) is 6.53. The van der Waals surface area contributed by atoms with E-state index in [-0.39, 0.29) is 11.6 Å². The molecule has 2 nitrogen and oxygen atoms in total. The Hall–Kier alpha value is -1.49. The van der Waals surface area contributed by atoms with Crippen molar-refractivity contribution in [3.63, 3.8) is 0 Å². The Morgan fingerprint density at radius 1 is 1.35 bits per heavy atom. The van der Waals surface area contributed by atoms with Crippen molar-refractivity contribution in [2.24, 2.45) is 0 Å². The van der Waals surface area contributed by atoms with Crippen molar-refractivity contribution in [1.82, 2.24) is 9.78 Å². The van der Waals surface area contributed by atoms with Crippen LogP contribution in [-0.2, 0) is 12.7 Å². The second kappa shape index (κ2) is 4.41. The summed E-state index contributed by atoms with van der Waals surface area (Å²) in [7, 11) is 0. The molecule has 0 aliphatic rings. The molecule has 2 rings (SSSR count). The van der Waals surface area contributed by atoms with Crippen molar-refractivity contribution in [3.05, 3.63) is 52.8 Å². The van der Waals surface area contributed by atoms with E-state index in [2.05, 4.69) is 11.2 Å². The van der Waals surface area contributed by atoms with Gasteiger partial charge < -0.3 is 0 Å². The predicted molar refractivity (Wildman–Crippen MR) is 56.6 cm³/mol. The van der Waals surface area contributed by atoms with Gasteiger partial charge in [-0.15, -0.1) is 0 Å². The molecule has 0 bridgehead atoms. The summed E-state index contributed by atoms with van der Waals surface area (Å²) >= 11 is 5.51. The third kappa shape index (κ3) is 2.79. The van der Waals surface area contributed by atoms with Crippen molar-refractivity contribution in [1.29, 1.82) is 0 Å². The molecule has 6 heteroatoms. The van der Waals surface area contributed by atoms with Gasteiger partial charge in [0.2, 0.25) is 0 Å². The fraction of sp³-hybridized carbons (Fsp3) is 0.182. The van der Waals surface area contributed by atoms with Crippen molar-refractivity contribution >= 4 is 11.6 Å². The molecule has 0 spiro atoms. The summed E-state index contributed by atoms with van der Waals surface area (Å²) in [5.41, 5.74) is -0.341. The summed E-state index contributed by atoms with van der Waals surface area (Å²) in [6.07, 6.45) is -1.44. The summed E-state index contributed by atoms with van der Waals surface area (Å²) in [4.78, 5) is 0.